The highest BCUT2D eigenvalue weighted by atomic mass is 15.1. The second kappa shape index (κ2) is 5.13. The minimum absolute atomic E-state index is 0.544. The molecule has 2 heteroatoms. The highest BCUT2D eigenvalue weighted by Crippen LogP contribution is 2.47. The number of nitrogens with two attached hydrogens (primary N) is 1. The van der Waals surface area contributed by atoms with Crippen LogP contribution >= 0.6 is 0 Å². The van der Waals surface area contributed by atoms with Crippen molar-refractivity contribution in [3.63, 3.8) is 0 Å². The van der Waals surface area contributed by atoms with Crippen LogP contribution in [0.3, 0.4) is 0 Å². The Labute approximate surface area is 112 Å². The molecule has 3 fully saturated rings. The quantitative estimate of drug-likeness (QED) is 0.830. The molecule has 0 aromatic rings. The Morgan fingerprint density at radius 2 is 1.50 bits per heavy atom. The zero-order valence-corrected chi connectivity index (χ0v) is 11.9. The van der Waals surface area contributed by atoms with E-state index in [9.17, 15) is 0 Å². The first-order chi connectivity index (χ1) is 8.76. The molecule has 1 saturated heterocycles. The zero-order valence-electron chi connectivity index (χ0n) is 11.9. The molecule has 3 rings (SSSR count). The molecule has 0 aromatic heterocycles. The monoisotopic (exact) mass is 250 g/mol. The van der Waals surface area contributed by atoms with Crippen LogP contribution in [0.1, 0.15) is 64.2 Å². The lowest BCUT2D eigenvalue weighted by atomic mass is 9.66. The fraction of sp³-hybridized carbons (Fsp3) is 1.00. The second-order valence-electron chi connectivity index (χ2n) is 7.36. The lowest BCUT2D eigenvalue weighted by Gasteiger charge is -2.44. The SMILES string of the molecule is NCC1(CCN2CCC3(CCCC3)CC2)CCC1. The third-order valence-corrected chi connectivity index (χ3v) is 6.39. The number of piperidine rings is 1. The summed E-state index contributed by atoms with van der Waals surface area (Å²) in [4.78, 5) is 2.72. The van der Waals surface area contributed by atoms with Gasteiger partial charge in [-0.05, 0) is 82.0 Å². The summed E-state index contributed by atoms with van der Waals surface area (Å²) in [6.45, 7) is 4.96. The summed E-state index contributed by atoms with van der Waals surface area (Å²) in [5.74, 6) is 0. The maximum Gasteiger partial charge on any atom is -0.00130 e. The van der Waals surface area contributed by atoms with E-state index in [1.807, 2.05) is 0 Å². The molecule has 1 spiro atoms. The predicted octanol–water partition coefficient (Wildman–Crippen LogP) is 3.16. The van der Waals surface area contributed by atoms with Crippen molar-refractivity contribution in [1.29, 1.82) is 0 Å². The number of hydrogen-bond acceptors (Lipinski definition) is 2. The van der Waals surface area contributed by atoms with E-state index >= 15 is 0 Å². The van der Waals surface area contributed by atoms with Gasteiger partial charge in [-0.1, -0.05) is 19.3 Å². The average Bonchev–Trinajstić information content (AvgIpc) is 2.80. The highest BCUT2D eigenvalue weighted by molar-refractivity contribution is 4.92. The average molecular weight is 250 g/mol. The number of likely N-dealkylation sites (tertiary alicyclic amines) is 1. The Bertz CT molecular complexity index is 261. The molecule has 0 amide bonds. The first-order valence-corrected chi connectivity index (χ1v) is 8.19. The van der Waals surface area contributed by atoms with Crippen LogP contribution in [0.25, 0.3) is 0 Å². The van der Waals surface area contributed by atoms with E-state index in [0.29, 0.717) is 5.41 Å². The van der Waals surface area contributed by atoms with Crippen molar-refractivity contribution >= 4 is 0 Å². The van der Waals surface area contributed by atoms with Gasteiger partial charge < -0.3 is 10.6 Å². The third kappa shape index (κ3) is 2.46. The smallest absolute Gasteiger partial charge is 0.00130 e. The van der Waals surface area contributed by atoms with Crippen LogP contribution in [-0.4, -0.2) is 31.1 Å². The van der Waals surface area contributed by atoms with Crippen LogP contribution in [0, 0.1) is 10.8 Å². The topological polar surface area (TPSA) is 29.3 Å². The van der Waals surface area contributed by atoms with Gasteiger partial charge in [0.2, 0.25) is 0 Å². The van der Waals surface area contributed by atoms with Crippen molar-refractivity contribution in [2.75, 3.05) is 26.2 Å². The minimum atomic E-state index is 0.544. The maximum atomic E-state index is 5.96. The molecule has 3 aliphatic rings. The van der Waals surface area contributed by atoms with Crippen molar-refractivity contribution in [2.24, 2.45) is 16.6 Å². The summed E-state index contributed by atoms with van der Waals surface area (Å²) < 4.78 is 0. The van der Waals surface area contributed by atoms with E-state index in [-0.39, 0.29) is 0 Å². The van der Waals surface area contributed by atoms with Crippen molar-refractivity contribution in [2.45, 2.75) is 64.2 Å². The fourth-order valence-corrected chi connectivity index (χ4v) is 4.50. The van der Waals surface area contributed by atoms with E-state index < -0.39 is 0 Å². The summed E-state index contributed by atoms with van der Waals surface area (Å²) in [5.41, 5.74) is 7.28. The molecule has 18 heavy (non-hydrogen) atoms. The Kier molecular flexibility index (Phi) is 3.68. The molecule has 0 bridgehead atoms. The summed E-state index contributed by atoms with van der Waals surface area (Å²) in [7, 11) is 0. The number of nitrogens with zero attached hydrogens (tertiary/aromatic N) is 1. The van der Waals surface area contributed by atoms with Crippen molar-refractivity contribution in [3.05, 3.63) is 0 Å². The lowest BCUT2D eigenvalue weighted by Crippen LogP contribution is -2.44. The Morgan fingerprint density at radius 3 is 2.00 bits per heavy atom. The van der Waals surface area contributed by atoms with Gasteiger partial charge >= 0.3 is 0 Å². The summed E-state index contributed by atoms with van der Waals surface area (Å²) in [5, 5.41) is 0. The summed E-state index contributed by atoms with van der Waals surface area (Å²) >= 11 is 0. The molecule has 1 aliphatic heterocycles. The largest absolute Gasteiger partial charge is 0.330 e. The molecule has 0 aromatic carbocycles. The van der Waals surface area contributed by atoms with Gasteiger partial charge in [-0.2, -0.15) is 0 Å². The van der Waals surface area contributed by atoms with E-state index in [4.69, 9.17) is 5.73 Å². The van der Waals surface area contributed by atoms with Crippen molar-refractivity contribution < 1.29 is 0 Å². The van der Waals surface area contributed by atoms with Gasteiger partial charge in [-0.3, -0.25) is 0 Å². The Hall–Kier alpha value is -0.0800. The predicted molar refractivity (Wildman–Crippen MR) is 76.5 cm³/mol. The molecular weight excluding hydrogens is 220 g/mol. The van der Waals surface area contributed by atoms with Gasteiger partial charge in [0.15, 0.2) is 0 Å². The van der Waals surface area contributed by atoms with Gasteiger partial charge in [0.1, 0.15) is 0 Å². The fourth-order valence-electron chi connectivity index (χ4n) is 4.50. The van der Waals surface area contributed by atoms with Gasteiger partial charge in [0, 0.05) is 0 Å². The van der Waals surface area contributed by atoms with Gasteiger partial charge in [-0.15, -0.1) is 0 Å². The van der Waals surface area contributed by atoms with Gasteiger partial charge in [-0.25, -0.2) is 0 Å². The normalized spacial score (nSPS) is 30.5. The Balaban J connectivity index is 1.43. The van der Waals surface area contributed by atoms with Gasteiger partial charge in [0.05, 0.1) is 0 Å². The summed E-state index contributed by atoms with van der Waals surface area (Å²) in [6.07, 6.45) is 14.5. The van der Waals surface area contributed by atoms with Crippen LogP contribution in [0.2, 0.25) is 0 Å². The van der Waals surface area contributed by atoms with Crippen molar-refractivity contribution in [1.82, 2.24) is 4.90 Å². The standard InChI is InChI=1S/C16H30N2/c17-14-16(6-3-7-16)10-13-18-11-8-15(9-12-18)4-1-2-5-15/h1-14,17H2. The molecule has 2 saturated carbocycles. The van der Waals surface area contributed by atoms with Crippen molar-refractivity contribution in [3.8, 4) is 0 Å². The maximum absolute atomic E-state index is 5.96. The third-order valence-electron chi connectivity index (χ3n) is 6.39. The minimum Gasteiger partial charge on any atom is -0.330 e. The molecule has 0 radical (unpaired) electrons. The molecular formula is C16H30N2. The number of rotatable bonds is 4. The molecule has 1 heterocycles. The molecule has 0 unspecified atom stereocenters. The molecule has 0 atom stereocenters. The first-order valence-electron chi connectivity index (χ1n) is 8.19. The van der Waals surface area contributed by atoms with E-state index in [2.05, 4.69) is 4.90 Å². The van der Waals surface area contributed by atoms with Crippen LogP contribution in [0.5, 0.6) is 0 Å². The van der Waals surface area contributed by atoms with Crippen LogP contribution in [0.15, 0.2) is 0 Å². The second-order valence-corrected chi connectivity index (χ2v) is 7.36. The molecule has 2 aliphatic carbocycles. The van der Waals surface area contributed by atoms with Crippen LogP contribution < -0.4 is 5.73 Å². The van der Waals surface area contributed by atoms with E-state index in [0.717, 1.165) is 12.0 Å². The van der Waals surface area contributed by atoms with E-state index in [1.165, 1.54) is 83.8 Å². The summed E-state index contributed by atoms with van der Waals surface area (Å²) in [6, 6.07) is 0. The molecule has 104 valence electrons. The zero-order chi connectivity index (χ0) is 12.5. The highest BCUT2D eigenvalue weighted by Gasteiger charge is 2.38. The number of hydrogen-bond donors (Lipinski definition) is 1. The first kappa shape index (κ1) is 12.9. The van der Waals surface area contributed by atoms with E-state index in [1.54, 1.807) is 0 Å². The molecule has 2 nitrogen and oxygen atoms in total. The lowest BCUT2D eigenvalue weighted by molar-refractivity contribution is 0.0695. The van der Waals surface area contributed by atoms with Crippen LogP contribution in [0.4, 0.5) is 0 Å². The Morgan fingerprint density at radius 1 is 0.833 bits per heavy atom. The van der Waals surface area contributed by atoms with Gasteiger partial charge in [0.25, 0.3) is 0 Å². The van der Waals surface area contributed by atoms with Crippen LogP contribution in [-0.2, 0) is 0 Å². The molecule has 2 N–H and O–H groups in total.